The lowest BCUT2D eigenvalue weighted by Gasteiger charge is -2.21. The van der Waals surface area contributed by atoms with Crippen molar-refractivity contribution < 1.29 is 9.59 Å². The number of carbonyl (C=O) groups is 2. The van der Waals surface area contributed by atoms with E-state index in [4.69, 9.17) is 0 Å². The highest BCUT2D eigenvalue weighted by Crippen LogP contribution is 2.22. The zero-order valence-corrected chi connectivity index (χ0v) is 15.4. The van der Waals surface area contributed by atoms with Crippen LogP contribution in [0.4, 0.5) is 0 Å². The summed E-state index contributed by atoms with van der Waals surface area (Å²) in [6.07, 6.45) is 6.20. The lowest BCUT2D eigenvalue weighted by Crippen LogP contribution is -2.33. The number of imidazole rings is 1. The molecule has 3 rings (SSSR count). The largest absolute Gasteiger partial charge is 0.347 e. The summed E-state index contributed by atoms with van der Waals surface area (Å²) in [6.45, 7) is 6.27. The van der Waals surface area contributed by atoms with Crippen LogP contribution in [0.15, 0.2) is 24.5 Å². The van der Waals surface area contributed by atoms with E-state index < -0.39 is 0 Å². The van der Waals surface area contributed by atoms with Gasteiger partial charge in [-0.15, -0.1) is 0 Å². The molecule has 1 N–H and O–H groups in total. The Morgan fingerprint density at radius 3 is 2.77 bits per heavy atom. The molecule has 2 aromatic heterocycles. The monoisotopic (exact) mass is 355 g/mol. The van der Waals surface area contributed by atoms with Crippen molar-refractivity contribution in [3.05, 3.63) is 47.3 Å². The molecule has 26 heavy (non-hydrogen) atoms. The predicted molar refractivity (Wildman–Crippen MR) is 97.8 cm³/mol. The van der Waals surface area contributed by atoms with Gasteiger partial charge in [0.15, 0.2) is 5.82 Å². The first kappa shape index (κ1) is 18.1. The Kier molecular flexibility index (Phi) is 5.65. The third kappa shape index (κ3) is 3.61. The van der Waals surface area contributed by atoms with Crippen LogP contribution in [0.2, 0.25) is 0 Å². The predicted octanol–water partition coefficient (Wildman–Crippen LogP) is 2.03. The van der Waals surface area contributed by atoms with Crippen molar-refractivity contribution in [1.82, 2.24) is 24.8 Å². The second-order valence-corrected chi connectivity index (χ2v) is 6.36. The molecule has 7 heteroatoms. The van der Waals surface area contributed by atoms with Gasteiger partial charge in [0.05, 0.1) is 5.69 Å². The Hall–Kier alpha value is -2.70. The summed E-state index contributed by atoms with van der Waals surface area (Å²) in [5.41, 5.74) is 2.17. The van der Waals surface area contributed by atoms with E-state index in [1.807, 2.05) is 30.5 Å². The molecular weight excluding hydrogens is 330 g/mol. The van der Waals surface area contributed by atoms with E-state index >= 15 is 0 Å². The third-order valence-corrected chi connectivity index (χ3v) is 4.75. The van der Waals surface area contributed by atoms with Crippen LogP contribution in [0.3, 0.4) is 0 Å². The number of amides is 2. The Balaban J connectivity index is 1.85. The zero-order valence-electron chi connectivity index (χ0n) is 15.4. The first-order valence-electron chi connectivity index (χ1n) is 9.21. The Labute approximate surface area is 153 Å². The van der Waals surface area contributed by atoms with Gasteiger partial charge >= 0.3 is 0 Å². The Morgan fingerprint density at radius 2 is 2.08 bits per heavy atom. The molecule has 3 heterocycles. The molecule has 2 aromatic rings. The molecule has 0 bridgehead atoms. The molecule has 0 aromatic carbocycles. The van der Waals surface area contributed by atoms with Gasteiger partial charge in [-0.2, -0.15) is 0 Å². The van der Waals surface area contributed by atoms with Crippen molar-refractivity contribution in [1.29, 1.82) is 0 Å². The van der Waals surface area contributed by atoms with Crippen molar-refractivity contribution in [2.75, 3.05) is 13.1 Å². The average Bonchev–Trinajstić information content (AvgIpc) is 3.07. The maximum Gasteiger partial charge on any atom is 0.289 e. The molecule has 7 nitrogen and oxygen atoms in total. The van der Waals surface area contributed by atoms with Crippen LogP contribution in [0.1, 0.15) is 59.1 Å². The minimum absolute atomic E-state index is 0.107. The van der Waals surface area contributed by atoms with Gasteiger partial charge < -0.3 is 14.8 Å². The van der Waals surface area contributed by atoms with E-state index in [1.54, 1.807) is 17.3 Å². The van der Waals surface area contributed by atoms with Crippen LogP contribution in [0, 0.1) is 0 Å². The fourth-order valence-corrected chi connectivity index (χ4v) is 3.31. The van der Waals surface area contributed by atoms with E-state index in [0.717, 1.165) is 37.1 Å². The molecule has 0 atom stereocenters. The van der Waals surface area contributed by atoms with E-state index in [2.05, 4.69) is 15.3 Å². The van der Waals surface area contributed by atoms with Crippen LogP contribution in [-0.4, -0.2) is 44.3 Å². The van der Waals surface area contributed by atoms with Gasteiger partial charge in [-0.3, -0.25) is 14.6 Å². The molecular formula is C19H25N5O2. The fourth-order valence-electron chi connectivity index (χ4n) is 3.31. The quantitative estimate of drug-likeness (QED) is 0.860. The molecule has 0 radical (unpaired) electrons. The standard InChI is InChI=1S/C19H25N5O2/c1-3-23(4-2)19(26)17-22-16(15-9-5-6-11-24(15)17)18(25)21-13-14-8-7-10-20-12-14/h7-8,10,12H,3-6,9,11,13H2,1-2H3,(H,21,25). The van der Waals surface area contributed by atoms with Crippen molar-refractivity contribution in [3.8, 4) is 0 Å². The number of aromatic nitrogens is 3. The minimum Gasteiger partial charge on any atom is -0.347 e. The van der Waals surface area contributed by atoms with Gasteiger partial charge in [0, 0.05) is 38.6 Å². The molecule has 1 aliphatic heterocycles. The number of rotatable bonds is 6. The van der Waals surface area contributed by atoms with E-state index in [-0.39, 0.29) is 11.8 Å². The Morgan fingerprint density at radius 1 is 1.27 bits per heavy atom. The number of hydrogen-bond donors (Lipinski definition) is 1. The molecule has 0 saturated heterocycles. The van der Waals surface area contributed by atoms with E-state index in [1.165, 1.54) is 0 Å². The fraction of sp³-hybridized carbons (Fsp3) is 0.474. The lowest BCUT2D eigenvalue weighted by atomic mass is 10.1. The van der Waals surface area contributed by atoms with Crippen molar-refractivity contribution in [2.45, 2.75) is 46.2 Å². The van der Waals surface area contributed by atoms with Crippen LogP contribution in [-0.2, 0) is 19.5 Å². The zero-order chi connectivity index (χ0) is 18.5. The highest BCUT2D eigenvalue weighted by molar-refractivity contribution is 5.97. The second kappa shape index (κ2) is 8.12. The van der Waals surface area contributed by atoms with Crippen molar-refractivity contribution >= 4 is 11.8 Å². The number of nitrogens with zero attached hydrogens (tertiary/aromatic N) is 4. The summed E-state index contributed by atoms with van der Waals surface area (Å²) >= 11 is 0. The van der Waals surface area contributed by atoms with Gasteiger partial charge in [0.2, 0.25) is 0 Å². The number of fused-ring (bicyclic) bond motifs is 1. The first-order chi connectivity index (χ1) is 12.7. The molecule has 138 valence electrons. The van der Waals surface area contributed by atoms with Crippen LogP contribution in [0.25, 0.3) is 0 Å². The van der Waals surface area contributed by atoms with E-state index in [0.29, 0.717) is 31.2 Å². The van der Waals surface area contributed by atoms with Crippen LogP contribution < -0.4 is 5.32 Å². The third-order valence-electron chi connectivity index (χ3n) is 4.75. The van der Waals surface area contributed by atoms with Gasteiger partial charge in [-0.05, 0) is 44.7 Å². The molecule has 0 unspecified atom stereocenters. The van der Waals surface area contributed by atoms with Crippen LogP contribution in [0.5, 0.6) is 0 Å². The van der Waals surface area contributed by atoms with E-state index in [9.17, 15) is 9.59 Å². The SMILES string of the molecule is CCN(CC)C(=O)c1nc(C(=O)NCc2cccnc2)c2n1CCCC2. The molecule has 0 aliphatic carbocycles. The van der Waals surface area contributed by atoms with Crippen LogP contribution >= 0.6 is 0 Å². The second-order valence-electron chi connectivity index (χ2n) is 6.36. The Bertz CT molecular complexity index is 781. The maximum absolute atomic E-state index is 12.8. The summed E-state index contributed by atoms with van der Waals surface area (Å²) in [7, 11) is 0. The first-order valence-corrected chi connectivity index (χ1v) is 9.21. The molecule has 0 fully saturated rings. The summed E-state index contributed by atoms with van der Waals surface area (Å²) < 4.78 is 1.93. The average molecular weight is 355 g/mol. The molecule has 1 aliphatic rings. The summed E-state index contributed by atoms with van der Waals surface area (Å²) in [5, 5.41) is 2.90. The normalized spacial score (nSPS) is 13.2. The topological polar surface area (TPSA) is 80.1 Å². The summed E-state index contributed by atoms with van der Waals surface area (Å²) in [6, 6.07) is 3.74. The molecule has 0 spiro atoms. The lowest BCUT2D eigenvalue weighted by molar-refractivity contribution is 0.0754. The number of carbonyl (C=O) groups excluding carboxylic acids is 2. The van der Waals surface area contributed by atoms with Crippen molar-refractivity contribution in [2.24, 2.45) is 0 Å². The maximum atomic E-state index is 12.8. The number of hydrogen-bond acceptors (Lipinski definition) is 4. The van der Waals surface area contributed by atoms with Crippen molar-refractivity contribution in [3.63, 3.8) is 0 Å². The number of pyridine rings is 1. The summed E-state index contributed by atoms with van der Waals surface area (Å²) in [4.78, 5) is 35.8. The van der Waals surface area contributed by atoms with Gasteiger partial charge in [-0.1, -0.05) is 6.07 Å². The molecule has 0 saturated carbocycles. The smallest absolute Gasteiger partial charge is 0.289 e. The van der Waals surface area contributed by atoms with Gasteiger partial charge in [-0.25, -0.2) is 4.98 Å². The highest BCUT2D eigenvalue weighted by atomic mass is 16.2. The van der Waals surface area contributed by atoms with Gasteiger partial charge in [0.25, 0.3) is 11.8 Å². The minimum atomic E-state index is -0.238. The van der Waals surface area contributed by atoms with Gasteiger partial charge in [0.1, 0.15) is 5.69 Å². The summed E-state index contributed by atoms with van der Waals surface area (Å²) in [5.74, 6) is 0.0393. The highest BCUT2D eigenvalue weighted by Gasteiger charge is 2.28. The number of nitrogens with one attached hydrogen (secondary N) is 1. The molecule has 2 amide bonds.